The van der Waals surface area contributed by atoms with Crippen LogP contribution in [0.25, 0.3) is 0 Å². The van der Waals surface area contributed by atoms with Crippen LogP contribution < -0.4 is 10.1 Å². The minimum atomic E-state index is 0. The molecule has 0 spiro atoms. The lowest BCUT2D eigenvalue weighted by molar-refractivity contribution is -0.0721. The maximum Gasteiger partial charge on any atom is 0.193 e. The van der Waals surface area contributed by atoms with Crippen molar-refractivity contribution < 1.29 is 14.2 Å². The Hall–Kier alpha value is -1.06. The van der Waals surface area contributed by atoms with E-state index in [1.54, 1.807) is 7.11 Å². The molecule has 0 bridgehead atoms. The molecule has 7 heteroatoms. The highest BCUT2D eigenvalue weighted by Crippen LogP contribution is 2.22. The summed E-state index contributed by atoms with van der Waals surface area (Å²) >= 11 is 0. The van der Waals surface area contributed by atoms with Gasteiger partial charge >= 0.3 is 0 Å². The number of benzene rings is 1. The van der Waals surface area contributed by atoms with Gasteiger partial charge in [0.1, 0.15) is 5.75 Å². The van der Waals surface area contributed by atoms with Crippen LogP contribution in [0.5, 0.6) is 5.75 Å². The number of nitrogens with zero attached hydrogens (tertiary/aromatic N) is 2. The maximum absolute atomic E-state index is 6.17. The molecule has 3 rings (SSSR count). The summed E-state index contributed by atoms with van der Waals surface area (Å²) in [5.74, 6) is 2.42. The quantitative estimate of drug-likeness (QED) is 0.267. The standard InChI is InChI=1S/C25H41N3O3.HI/c1-4-26-25(27-15-12-20(2)21-8-10-22(29-3)11-9-21)28-16-13-23(14-17-28)31-19-24-7-5-6-18-30-24;/h8-11,20,23-24H,4-7,12-19H2,1-3H3,(H,26,27);1H. The molecule has 2 aliphatic heterocycles. The van der Waals surface area contributed by atoms with Gasteiger partial charge < -0.3 is 24.4 Å². The molecule has 2 saturated heterocycles. The molecule has 0 amide bonds. The summed E-state index contributed by atoms with van der Waals surface area (Å²) < 4.78 is 17.2. The number of nitrogens with one attached hydrogen (secondary N) is 1. The van der Waals surface area contributed by atoms with Gasteiger partial charge in [-0.3, -0.25) is 4.99 Å². The van der Waals surface area contributed by atoms with Gasteiger partial charge in [0, 0.05) is 32.8 Å². The summed E-state index contributed by atoms with van der Waals surface area (Å²) in [7, 11) is 1.70. The van der Waals surface area contributed by atoms with Crippen LogP contribution in [0.4, 0.5) is 0 Å². The highest BCUT2D eigenvalue weighted by atomic mass is 127. The van der Waals surface area contributed by atoms with Crippen molar-refractivity contribution in [1.82, 2.24) is 10.2 Å². The van der Waals surface area contributed by atoms with Gasteiger partial charge in [-0.1, -0.05) is 19.1 Å². The van der Waals surface area contributed by atoms with Crippen LogP contribution in [0.3, 0.4) is 0 Å². The number of aliphatic imine (C=N–C) groups is 1. The molecule has 2 unspecified atom stereocenters. The van der Waals surface area contributed by atoms with E-state index in [1.807, 2.05) is 12.1 Å². The summed E-state index contributed by atoms with van der Waals surface area (Å²) in [6, 6.07) is 8.38. The topological polar surface area (TPSA) is 55.3 Å². The fourth-order valence-electron chi connectivity index (χ4n) is 4.31. The first-order chi connectivity index (χ1) is 15.2. The van der Waals surface area contributed by atoms with Gasteiger partial charge in [-0.05, 0) is 69.1 Å². The lowest BCUT2D eigenvalue weighted by atomic mass is 9.98. The maximum atomic E-state index is 6.17. The van der Waals surface area contributed by atoms with Gasteiger partial charge in [-0.25, -0.2) is 0 Å². The van der Waals surface area contributed by atoms with E-state index in [4.69, 9.17) is 19.2 Å². The Morgan fingerprint density at radius 3 is 2.56 bits per heavy atom. The number of halogens is 1. The van der Waals surface area contributed by atoms with Crippen molar-refractivity contribution in [3.05, 3.63) is 29.8 Å². The van der Waals surface area contributed by atoms with E-state index in [-0.39, 0.29) is 24.0 Å². The molecule has 32 heavy (non-hydrogen) atoms. The molecule has 0 saturated carbocycles. The fourth-order valence-corrected chi connectivity index (χ4v) is 4.31. The van der Waals surface area contributed by atoms with Crippen LogP contribution in [0.1, 0.15) is 63.9 Å². The molecule has 2 heterocycles. The average Bonchev–Trinajstić information content (AvgIpc) is 2.83. The van der Waals surface area contributed by atoms with E-state index >= 15 is 0 Å². The van der Waals surface area contributed by atoms with Crippen molar-refractivity contribution in [2.45, 2.75) is 70.5 Å². The van der Waals surface area contributed by atoms with Crippen molar-refractivity contribution in [3.63, 3.8) is 0 Å². The molecule has 1 N–H and O–H groups in total. The van der Waals surface area contributed by atoms with E-state index in [0.717, 1.165) is 76.8 Å². The first-order valence-corrected chi connectivity index (χ1v) is 12.1. The highest BCUT2D eigenvalue weighted by Gasteiger charge is 2.23. The molecular weight excluding hydrogens is 517 g/mol. The average molecular weight is 560 g/mol. The molecular formula is C25H42IN3O3. The number of hydrogen-bond acceptors (Lipinski definition) is 4. The monoisotopic (exact) mass is 559 g/mol. The molecule has 1 aromatic rings. The Morgan fingerprint density at radius 1 is 1.19 bits per heavy atom. The van der Waals surface area contributed by atoms with E-state index in [9.17, 15) is 0 Å². The molecule has 0 aliphatic carbocycles. The zero-order valence-corrected chi connectivity index (χ0v) is 22.4. The fraction of sp³-hybridized carbons (Fsp3) is 0.720. The van der Waals surface area contributed by atoms with Crippen molar-refractivity contribution in [2.24, 2.45) is 4.99 Å². The van der Waals surface area contributed by atoms with Crippen LogP contribution in [0.2, 0.25) is 0 Å². The third-order valence-electron chi connectivity index (χ3n) is 6.38. The third-order valence-corrected chi connectivity index (χ3v) is 6.38. The number of piperidine rings is 1. The van der Waals surface area contributed by atoms with Crippen molar-refractivity contribution >= 4 is 29.9 Å². The Bertz CT molecular complexity index is 657. The van der Waals surface area contributed by atoms with E-state index < -0.39 is 0 Å². The van der Waals surface area contributed by atoms with Gasteiger partial charge in [-0.15, -0.1) is 24.0 Å². The van der Waals surface area contributed by atoms with Gasteiger partial charge in [0.15, 0.2) is 5.96 Å². The Labute approximate surface area is 211 Å². The number of rotatable bonds is 9. The largest absolute Gasteiger partial charge is 0.497 e. The smallest absolute Gasteiger partial charge is 0.193 e. The Kier molecular flexibility index (Phi) is 12.7. The van der Waals surface area contributed by atoms with Crippen molar-refractivity contribution in [1.29, 1.82) is 0 Å². The second-order valence-corrected chi connectivity index (χ2v) is 8.71. The van der Waals surface area contributed by atoms with Crippen LogP contribution in [0.15, 0.2) is 29.3 Å². The van der Waals surface area contributed by atoms with Crippen LogP contribution in [-0.2, 0) is 9.47 Å². The lowest BCUT2D eigenvalue weighted by Crippen LogP contribution is -2.47. The highest BCUT2D eigenvalue weighted by molar-refractivity contribution is 14.0. The Morgan fingerprint density at radius 2 is 1.94 bits per heavy atom. The van der Waals surface area contributed by atoms with Crippen LogP contribution in [-0.4, -0.2) is 69.6 Å². The zero-order chi connectivity index (χ0) is 21.9. The van der Waals surface area contributed by atoms with Gasteiger partial charge in [0.25, 0.3) is 0 Å². The molecule has 2 fully saturated rings. The number of likely N-dealkylation sites (tertiary alicyclic amines) is 1. The van der Waals surface area contributed by atoms with Crippen molar-refractivity contribution in [2.75, 3.05) is 46.5 Å². The molecule has 182 valence electrons. The van der Waals surface area contributed by atoms with Crippen molar-refractivity contribution in [3.8, 4) is 5.75 Å². The lowest BCUT2D eigenvalue weighted by Gasteiger charge is -2.35. The molecule has 1 aromatic carbocycles. The first kappa shape index (κ1) is 27.2. The molecule has 6 nitrogen and oxygen atoms in total. The van der Waals surface area contributed by atoms with Crippen LogP contribution in [0, 0.1) is 0 Å². The number of hydrogen-bond donors (Lipinski definition) is 1. The summed E-state index contributed by atoms with van der Waals surface area (Å²) in [6.45, 7) is 9.76. The van der Waals surface area contributed by atoms with E-state index in [0.29, 0.717) is 18.1 Å². The van der Waals surface area contributed by atoms with E-state index in [1.165, 1.54) is 18.4 Å². The number of methoxy groups -OCH3 is 1. The molecule has 2 atom stereocenters. The number of ether oxygens (including phenoxy) is 3. The predicted molar refractivity (Wildman–Crippen MR) is 142 cm³/mol. The summed E-state index contributed by atoms with van der Waals surface area (Å²) in [5.41, 5.74) is 1.33. The molecule has 0 radical (unpaired) electrons. The summed E-state index contributed by atoms with van der Waals surface area (Å²) in [6.07, 6.45) is 7.40. The van der Waals surface area contributed by atoms with Gasteiger partial charge in [0.2, 0.25) is 0 Å². The minimum Gasteiger partial charge on any atom is -0.497 e. The van der Waals surface area contributed by atoms with Gasteiger partial charge in [-0.2, -0.15) is 0 Å². The zero-order valence-electron chi connectivity index (χ0n) is 20.1. The second-order valence-electron chi connectivity index (χ2n) is 8.71. The van der Waals surface area contributed by atoms with E-state index in [2.05, 4.69) is 36.2 Å². The number of guanidine groups is 1. The van der Waals surface area contributed by atoms with Crippen LogP contribution >= 0.6 is 24.0 Å². The Balaban J connectivity index is 0.00000363. The predicted octanol–water partition coefficient (Wildman–Crippen LogP) is 4.82. The van der Waals surface area contributed by atoms with Gasteiger partial charge in [0.05, 0.1) is 25.9 Å². The third kappa shape index (κ3) is 8.71. The minimum absolute atomic E-state index is 0. The second kappa shape index (κ2) is 15.0. The molecule has 2 aliphatic rings. The SMILES string of the molecule is CCNC(=NCCC(C)c1ccc(OC)cc1)N1CCC(OCC2CCCCO2)CC1.I. The summed E-state index contributed by atoms with van der Waals surface area (Å²) in [4.78, 5) is 7.31. The normalized spacial score (nSPS) is 21.0. The first-order valence-electron chi connectivity index (χ1n) is 12.1. The molecule has 0 aromatic heterocycles. The summed E-state index contributed by atoms with van der Waals surface area (Å²) in [5, 5.41) is 3.48.